The van der Waals surface area contributed by atoms with Crippen molar-refractivity contribution in [3.05, 3.63) is 11.6 Å². The Labute approximate surface area is 139 Å². The summed E-state index contributed by atoms with van der Waals surface area (Å²) in [6.07, 6.45) is 4.06. The van der Waals surface area contributed by atoms with Crippen LogP contribution in [0.25, 0.3) is 0 Å². The molecule has 1 N–H and O–H groups in total. The molecule has 0 spiro atoms. The Morgan fingerprint density at radius 3 is 2.39 bits per heavy atom. The van der Waals surface area contributed by atoms with E-state index < -0.39 is 0 Å². The smallest absolute Gasteiger partial charge is 0.317 e. The van der Waals surface area contributed by atoms with Gasteiger partial charge in [-0.2, -0.15) is 0 Å². The number of urea groups is 1. The lowest BCUT2D eigenvalue weighted by Gasteiger charge is -2.36. The number of piperidine rings is 1. The van der Waals surface area contributed by atoms with Crippen molar-refractivity contribution in [3.8, 4) is 0 Å². The molecule has 2 saturated heterocycles. The normalized spacial score (nSPS) is 30.2. The molecular formula is C18H29N3O2. The molecular weight excluding hydrogens is 290 g/mol. The topological polar surface area (TPSA) is 52.7 Å². The van der Waals surface area contributed by atoms with E-state index in [4.69, 9.17) is 0 Å². The number of rotatable bonds is 3. The minimum Gasteiger partial charge on any atom is -0.342 e. The summed E-state index contributed by atoms with van der Waals surface area (Å²) in [6, 6.07) is 0.351. The van der Waals surface area contributed by atoms with Gasteiger partial charge in [0.1, 0.15) is 0 Å². The zero-order valence-corrected chi connectivity index (χ0v) is 14.8. The number of hydrogen-bond donors (Lipinski definition) is 1. The monoisotopic (exact) mass is 319 g/mol. The average molecular weight is 319 g/mol. The minimum absolute atomic E-state index is 0.0572. The first kappa shape index (κ1) is 16.3. The van der Waals surface area contributed by atoms with Crippen molar-refractivity contribution in [2.45, 2.75) is 46.6 Å². The number of allylic oxidation sites excluding steroid dienone is 2. The maximum atomic E-state index is 12.9. The van der Waals surface area contributed by atoms with E-state index in [1.165, 1.54) is 5.57 Å². The van der Waals surface area contributed by atoms with E-state index in [9.17, 15) is 9.59 Å². The largest absolute Gasteiger partial charge is 0.342 e. The van der Waals surface area contributed by atoms with Crippen LogP contribution >= 0.6 is 0 Å². The van der Waals surface area contributed by atoms with E-state index in [0.717, 1.165) is 39.0 Å². The molecule has 2 atom stereocenters. The molecule has 5 heteroatoms. The van der Waals surface area contributed by atoms with Crippen molar-refractivity contribution in [2.75, 3.05) is 26.2 Å². The summed E-state index contributed by atoms with van der Waals surface area (Å²) in [5.74, 6) is 0.813. The second-order valence-corrected chi connectivity index (χ2v) is 8.05. The van der Waals surface area contributed by atoms with Gasteiger partial charge in [-0.05, 0) is 38.0 Å². The second kappa shape index (κ2) is 5.84. The highest BCUT2D eigenvalue weighted by Crippen LogP contribution is 2.60. The van der Waals surface area contributed by atoms with E-state index >= 15 is 0 Å². The number of nitrogens with zero attached hydrogens (tertiary/aromatic N) is 2. The lowest BCUT2D eigenvalue weighted by Crippen LogP contribution is -2.48. The number of likely N-dealkylation sites (tertiary alicyclic amines) is 1. The van der Waals surface area contributed by atoms with E-state index in [0.29, 0.717) is 17.9 Å². The van der Waals surface area contributed by atoms with Crippen molar-refractivity contribution >= 4 is 11.9 Å². The highest BCUT2D eigenvalue weighted by molar-refractivity contribution is 5.84. The summed E-state index contributed by atoms with van der Waals surface area (Å²) in [5.41, 5.74) is 1.37. The molecule has 3 aliphatic rings. The predicted octanol–water partition coefficient (Wildman–Crippen LogP) is 2.24. The molecule has 0 aromatic rings. The number of carbonyl (C=O) groups is 2. The second-order valence-electron chi connectivity index (χ2n) is 8.05. The fourth-order valence-corrected chi connectivity index (χ4v) is 4.25. The van der Waals surface area contributed by atoms with Gasteiger partial charge in [0.25, 0.3) is 0 Å². The highest BCUT2D eigenvalue weighted by Gasteiger charge is 2.61. The lowest BCUT2D eigenvalue weighted by atomic mass is 10.0. The van der Waals surface area contributed by atoms with Crippen molar-refractivity contribution in [2.24, 2.45) is 17.3 Å². The van der Waals surface area contributed by atoms with Gasteiger partial charge in [0.05, 0.1) is 5.92 Å². The van der Waals surface area contributed by atoms with Crippen LogP contribution in [0.3, 0.4) is 0 Å². The SMILES string of the molecule is CC(C)=C[C@@H]1[C@H](C(=O)N2CCC(N3CCNC3=O)CC2)C1(C)C. The van der Waals surface area contributed by atoms with Crippen LogP contribution in [-0.2, 0) is 4.79 Å². The zero-order valence-electron chi connectivity index (χ0n) is 14.8. The van der Waals surface area contributed by atoms with Gasteiger partial charge in [0.15, 0.2) is 0 Å². The number of nitrogens with one attached hydrogen (secondary N) is 1. The van der Waals surface area contributed by atoms with Gasteiger partial charge in [-0.25, -0.2) is 4.79 Å². The van der Waals surface area contributed by atoms with E-state index in [1.54, 1.807) is 0 Å². The van der Waals surface area contributed by atoms with Crippen molar-refractivity contribution < 1.29 is 9.59 Å². The molecule has 0 radical (unpaired) electrons. The predicted molar refractivity (Wildman–Crippen MR) is 89.9 cm³/mol. The Balaban J connectivity index is 1.57. The maximum absolute atomic E-state index is 12.9. The summed E-state index contributed by atoms with van der Waals surface area (Å²) in [6.45, 7) is 11.7. The summed E-state index contributed by atoms with van der Waals surface area (Å²) in [4.78, 5) is 28.6. The summed E-state index contributed by atoms with van der Waals surface area (Å²) in [5, 5.41) is 2.86. The standard InChI is InChI=1S/C18H29N3O2/c1-12(2)11-14-15(18(14,3)4)16(22)20-8-5-13(6-9-20)21-10-7-19-17(21)23/h11,13-15H,5-10H2,1-4H3,(H,19,23)/t14-,15-/m1/s1. The Kier molecular flexibility index (Phi) is 4.15. The molecule has 3 fully saturated rings. The molecule has 3 rings (SSSR count). The van der Waals surface area contributed by atoms with E-state index in [1.807, 2.05) is 9.80 Å². The number of amides is 3. The molecule has 1 aliphatic carbocycles. The average Bonchev–Trinajstić information content (AvgIpc) is 2.83. The van der Waals surface area contributed by atoms with Crippen molar-refractivity contribution in [3.63, 3.8) is 0 Å². The van der Waals surface area contributed by atoms with Crippen molar-refractivity contribution in [1.29, 1.82) is 0 Å². The van der Waals surface area contributed by atoms with Crippen molar-refractivity contribution in [1.82, 2.24) is 15.1 Å². The minimum atomic E-state index is 0.0572. The number of carbonyl (C=O) groups excluding carboxylic acids is 2. The third-order valence-corrected chi connectivity index (χ3v) is 5.80. The number of hydrogen-bond acceptors (Lipinski definition) is 2. The molecule has 0 unspecified atom stereocenters. The third kappa shape index (κ3) is 2.98. The Bertz CT molecular complexity index is 528. The van der Waals surface area contributed by atoms with Crippen LogP contribution in [0, 0.1) is 17.3 Å². The Morgan fingerprint density at radius 2 is 1.87 bits per heavy atom. The van der Waals surface area contributed by atoms with Crippen LogP contribution in [0.2, 0.25) is 0 Å². The molecule has 2 aliphatic heterocycles. The quantitative estimate of drug-likeness (QED) is 0.811. The molecule has 1 saturated carbocycles. The summed E-state index contributed by atoms with van der Waals surface area (Å²) < 4.78 is 0. The van der Waals surface area contributed by atoms with Gasteiger partial charge in [0.2, 0.25) is 5.91 Å². The van der Waals surface area contributed by atoms with Crippen LogP contribution in [0.15, 0.2) is 11.6 Å². The van der Waals surface area contributed by atoms with Crippen LogP contribution < -0.4 is 5.32 Å². The van der Waals surface area contributed by atoms with Gasteiger partial charge in [-0.1, -0.05) is 25.5 Å². The molecule has 0 bridgehead atoms. The van der Waals surface area contributed by atoms with Gasteiger partial charge in [-0.3, -0.25) is 4.79 Å². The maximum Gasteiger partial charge on any atom is 0.317 e. The summed E-state index contributed by atoms with van der Waals surface area (Å²) >= 11 is 0. The van der Waals surface area contributed by atoms with Crippen LogP contribution in [0.1, 0.15) is 40.5 Å². The Morgan fingerprint density at radius 1 is 1.22 bits per heavy atom. The lowest BCUT2D eigenvalue weighted by molar-refractivity contribution is -0.134. The van der Waals surface area contributed by atoms with Gasteiger partial charge < -0.3 is 15.1 Å². The molecule has 2 heterocycles. The molecule has 3 amide bonds. The molecule has 23 heavy (non-hydrogen) atoms. The van der Waals surface area contributed by atoms with Crippen LogP contribution in [0.4, 0.5) is 4.79 Å². The first-order valence-electron chi connectivity index (χ1n) is 8.80. The van der Waals surface area contributed by atoms with Crippen LogP contribution in [0.5, 0.6) is 0 Å². The van der Waals surface area contributed by atoms with E-state index in [2.05, 4.69) is 39.1 Å². The first-order chi connectivity index (χ1) is 10.8. The zero-order chi connectivity index (χ0) is 16.8. The molecule has 0 aromatic heterocycles. The third-order valence-electron chi connectivity index (χ3n) is 5.80. The molecule has 0 aromatic carbocycles. The highest BCUT2D eigenvalue weighted by atomic mass is 16.2. The van der Waals surface area contributed by atoms with Gasteiger partial charge in [0, 0.05) is 32.2 Å². The Hall–Kier alpha value is -1.52. The fourth-order valence-electron chi connectivity index (χ4n) is 4.25. The van der Waals surface area contributed by atoms with Crippen LogP contribution in [-0.4, -0.2) is 54.0 Å². The molecule has 128 valence electrons. The van der Waals surface area contributed by atoms with E-state index in [-0.39, 0.29) is 17.4 Å². The van der Waals surface area contributed by atoms with Gasteiger partial charge >= 0.3 is 6.03 Å². The fraction of sp³-hybridized carbons (Fsp3) is 0.778. The first-order valence-corrected chi connectivity index (χ1v) is 8.80. The van der Waals surface area contributed by atoms with Gasteiger partial charge in [-0.15, -0.1) is 0 Å². The summed E-state index contributed by atoms with van der Waals surface area (Å²) in [7, 11) is 0. The molecule has 5 nitrogen and oxygen atoms in total.